The Balaban J connectivity index is 1.82. The van der Waals surface area contributed by atoms with E-state index in [9.17, 15) is 14.4 Å². The van der Waals surface area contributed by atoms with Crippen LogP contribution < -0.4 is 16.0 Å². The number of hydrogen-bond acceptors (Lipinski definition) is 5. The molecule has 148 valence electrons. The van der Waals surface area contributed by atoms with E-state index in [2.05, 4.69) is 16.0 Å². The molecule has 3 N–H and O–H groups in total. The minimum atomic E-state index is -0.359. The molecule has 2 amide bonds. The third-order valence-corrected chi connectivity index (χ3v) is 3.78. The van der Waals surface area contributed by atoms with Crippen LogP contribution in [0.5, 0.6) is 0 Å². The number of nitrogens with one attached hydrogen (secondary N) is 3. The van der Waals surface area contributed by atoms with Crippen LogP contribution in [0.2, 0.25) is 0 Å². The average Bonchev–Trinajstić information content (AvgIpc) is 2.71. The van der Waals surface area contributed by atoms with Crippen molar-refractivity contribution in [3.63, 3.8) is 0 Å². The van der Waals surface area contributed by atoms with E-state index in [1.165, 1.54) is 0 Å². The molecule has 0 aliphatic carbocycles. The molecule has 2 aromatic carbocycles. The van der Waals surface area contributed by atoms with E-state index in [1.807, 2.05) is 13.8 Å². The first-order chi connectivity index (χ1) is 13.5. The van der Waals surface area contributed by atoms with Crippen LogP contribution in [0.3, 0.4) is 0 Å². The molecular weight excluding hydrogens is 358 g/mol. The van der Waals surface area contributed by atoms with Gasteiger partial charge in [-0.2, -0.15) is 0 Å². The SMILES string of the molecule is CCCOC(=O)c1ccc(NCC(=O)Nc2ccc(C(=O)NCC)cc2)cc1. The molecule has 0 aliphatic rings. The number of carbonyl (C=O) groups is 3. The van der Waals surface area contributed by atoms with Gasteiger partial charge in [-0.15, -0.1) is 0 Å². The Kier molecular flexibility index (Phi) is 8.02. The van der Waals surface area contributed by atoms with Crippen LogP contribution >= 0.6 is 0 Å². The van der Waals surface area contributed by atoms with Crippen molar-refractivity contribution >= 4 is 29.2 Å². The smallest absolute Gasteiger partial charge is 0.338 e. The summed E-state index contributed by atoms with van der Waals surface area (Å²) in [5.74, 6) is -0.733. The van der Waals surface area contributed by atoms with Gasteiger partial charge < -0.3 is 20.7 Å². The molecule has 0 spiro atoms. The van der Waals surface area contributed by atoms with Crippen LogP contribution in [0.1, 0.15) is 41.0 Å². The van der Waals surface area contributed by atoms with Gasteiger partial charge >= 0.3 is 5.97 Å². The third kappa shape index (κ3) is 6.42. The van der Waals surface area contributed by atoms with E-state index in [-0.39, 0.29) is 24.3 Å². The number of rotatable bonds is 9. The highest BCUT2D eigenvalue weighted by Crippen LogP contribution is 2.12. The molecule has 0 radical (unpaired) electrons. The number of ether oxygens (including phenoxy) is 1. The Labute approximate surface area is 164 Å². The summed E-state index contributed by atoms with van der Waals surface area (Å²) in [6.45, 7) is 4.80. The molecule has 0 fully saturated rings. The van der Waals surface area contributed by atoms with Crippen molar-refractivity contribution in [2.45, 2.75) is 20.3 Å². The summed E-state index contributed by atoms with van der Waals surface area (Å²) in [6, 6.07) is 13.4. The number of amides is 2. The number of esters is 1. The number of hydrogen-bond donors (Lipinski definition) is 3. The predicted molar refractivity (Wildman–Crippen MR) is 109 cm³/mol. The van der Waals surface area contributed by atoms with Gasteiger partial charge in [0.1, 0.15) is 0 Å². The molecule has 2 rings (SSSR count). The van der Waals surface area contributed by atoms with Crippen LogP contribution in [-0.4, -0.2) is 37.5 Å². The van der Waals surface area contributed by atoms with Crippen molar-refractivity contribution in [3.8, 4) is 0 Å². The molecule has 0 unspecified atom stereocenters. The first-order valence-corrected chi connectivity index (χ1v) is 9.22. The van der Waals surface area contributed by atoms with E-state index < -0.39 is 0 Å². The quantitative estimate of drug-likeness (QED) is 0.578. The Hall–Kier alpha value is -3.35. The molecule has 0 bridgehead atoms. The van der Waals surface area contributed by atoms with E-state index in [4.69, 9.17) is 4.74 Å². The average molecular weight is 383 g/mol. The zero-order valence-electron chi connectivity index (χ0n) is 16.1. The summed E-state index contributed by atoms with van der Waals surface area (Å²) in [6.07, 6.45) is 0.773. The van der Waals surface area contributed by atoms with Crippen molar-refractivity contribution < 1.29 is 19.1 Å². The molecule has 7 nitrogen and oxygen atoms in total. The van der Waals surface area contributed by atoms with Gasteiger partial charge in [-0.05, 0) is 61.9 Å². The Morgan fingerprint density at radius 2 is 1.46 bits per heavy atom. The number of carbonyl (C=O) groups excluding carboxylic acids is 3. The molecule has 7 heteroatoms. The number of anilines is 2. The van der Waals surface area contributed by atoms with Crippen molar-refractivity contribution in [1.29, 1.82) is 0 Å². The van der Waals surface area contributed by atoms with Gasteiger partial charge in [0.15, 0.2) is 0 Å². The molecule has 0 heterocycles. The molecule has 28 heavy (non-hydrogen) atoms. The predicted octanol–water partition coefficient (Wildman–Crippen LogP) is 3.05. The second-order valence-corrected chi connectivity index (χ2v) is 6.05. The third-order valence-electron chi connectivity index (χ3n) is 3.78. The van der Waals surface area contributed by atoms with E-state index in [1.54, 1.807) is 48.5 Å². The van der Waals surface area contributed by atoms with Gasteiger partial charge in [0.2, 0.25) is 5.91 Å². The molecule has 0 saturated heterocycles. The molecule has 0 atom stereocenters. The lowest BCUT2D eigenvalue weighted by molar-refractivity contribution is -0.114. The summed E-state index contributed by atoms with van der Waals surface area (Å²) < 4.78 is 5.07. The first-order valence-electron chi connectivity index (χ1n) is 9.22. The van der Waals surface area contributed by atoms with Crippen molar-refractivity contribution in [3.05, 3.63) is 59.7 Å². The fraction of sp³-hybridized carbons (Fsp3) is 0.286. The molecular formula is C21H25N3O4. The lowest BCUT2D eigenvalue weighted by atomic mass is 10.2. The Bertz CT molecular complexity index is 801. The fourth-order valence-corrected chi connectivity index (χ4v) is 2.36. The molecule has 2 aromatic rings. The van der Waals surface area contributed by atoms with Gasteiger partial charge in [-0.1, -0.05) is 6.92 Å². The topological polar surface area (TPSA) is 96.5 Å². The second kappa shape index (κ2) is 10.7. The summed E-state index contributed by atoms with van der Waals surface area (Å²) in [7, 11) is 0. The minimum Gasteiger partial charge on any atom is -0.462 e. The van der Waals surface area contributed by atoms with E-state index >= 15 is 0 Å². The van der Waals surface area contributed by atoms with Crippen molar-refractivity contribution in [2.24, 2.45) is 0 Å². The van der Waals surface area contributed by atoms with Gasteiger partial charge in [0.25, 0.3) is 5.91 Å². The first kappa shape index (κ1) is 21.0. The minimum absolute atomic E-state index is 0.0672. The standard InChI is InChI=1S/C21H25N3O4/c1-3-13-28-21(27)16-7-9-17(10-8-16)23-14-19(25)24-18-11-5-15(6-12-18)20(26)22-4-2/h5-12,23H,3-4,13-14H2,1-2H3,(H,22,26)(H,24,25). The van der Waals surface area contributed by atoms with Crippen LogP contribution in [-0.2, 0) is 9.53 Å². The monoisotopic (exact) mass is 383 g/mol. The molecule has 0 aromatic heterocycles. The summed E-state index contributed by atoms with van der Waals surface area (Å²) in [5, 5.41) is 8.46. The normalized spacial score (nSPS) is 10.1. The maximum Gasteiger partial charge on any atom is 0.338 e. The molecule has 0 saturated carbocycles. The van der Waals surface area contributed by atoms with Gasteiger partial charge in [0.05, 0.1) is 18.7 Å². The van der Waals surface area contributed by atoms with Crippen LogP contribution in [0.15, 0.2) is 48.5 Å². The summed E-state index contributed by atoms with van der Waals surface area (Å²) in [4.78, 5) is 35.5. The van der Waals surface area contributed by atoms with Crippen molar-refractivity contribution in [1.82, 2.24) is 5.32 Å². The highest BCUT2D eigenvalue weighted by Gasteiger charge is 2.08. The zero-order valence-corrected chi connectivity index (χ0v) is 16.1. The number of benzene rings is 2. The highest BCUT2D eigenvalue weighted by molar-refractivity contribution is 5.96. The van der Waals surface area contributed by atoms with E-state index in [0.717, 1.165) is 6.42 Å². The van der Waals surface area contributed by atoms with E-state index in [0.29, 0.717) is 35.7 Å². The second-order valence-electron chi connectivity index (χ2n) is 6.05. The zero-order chi connectivity index (χ0) is 20.4. The van der Waals surface area contributed by atoms with Crippen LogP contribution in [0.4, 0.5) is 11.4 Å². The fourth-order valence-electron chi connectivity index (χ4n) is 2.36. The molecule has 0 aliphatic heterocycles. The summed E-state index contributed by atoms with van der Waals surface area (Å²) in [5.41, 5.74) is 2.33. The Morgan fingerprint density at radius 3 is 2.07 bits per heavy atom. The van der Waals surface area contributed by atoms with Gasteiger partial charge in [-0.3, -0.25) is 9.59 Å². The summed E-state index contributed by atoms with van der Waals surface area (Å²) >= 11 is 0. The lowest BCUT2D eigenvalue weighted by Gasteiger charge is -2.09. The van der Waals surface area contributed by atoms with Crippen molar-refractivity contribution in [2.75, 3.05) is 30.3 Å². The maximum absolute atomic E-state index is 12.1. The van der Waals surface area contributed by atoms with Crippen LogP contribution in [0.25, 0.3) is 0 Å². The largest absolute Gasteiger partial charge is 0.462 e. The van der Waals surface area contributed by atoms with Gasteiger partial charge in [0, 0.05) is 23.5 Å². The van der Waals surface area contributed by atoms with Gasteiger partial charge in [-0.25, -0.2) is 4.79 Å². The lowest BCUT2D eigenvalue weighted by Crippen LogP contribution is -2.23. The van der Waals surface area contributed by atoms with Crippen LogP contribution in [0, 0.1) is 0 Å². The highest BCUT2D eigenvalue weighted by atomic mass is 16.5. The Morgan fingerprint density at radius 1 is 0.857 bits per heavy atom. The maximum atomic E-state index is 12.1.